The Hall–Kier alpha value is -1.78. The Morgan fingerprint density at radius 1 is 1.39 bits per heavy atom. The van der Waals surface area contributed by atoms with Crippen LogP contribution in [0.3, 0.4) is 0 Å². The zero-order valence-corrected chi connectivity index (χ0v) is 14.4. The summed E-state index contributed by atoms with van der Waals surface area (Å²) in [5, 5.41) is 3.69. The maximum atomic E-state index is 12.5. The Bertz CT molecular complexity index is 710. The average molecular weight is 333 g/mol. The van der Waals surface area contributed by atoms with Gasteiger partial charge in [0.15, 0.2) is 6.54 Å². The molecule has 2 N–H and O–H groups in total. The lowest BCUT2D eigenvalue weighted by Crippen LogP contribution is -3.11. The van der Waals surface area contributed by atoms with E-state index in [1.54, 1.807) is 0 Å². The minimum Gasteiger partial charge on any atom is -0.350 e. The minimum absolute atomic E-state index is 0.0477. The van der Waals surface area contributed by atoms with Crippen LogP contribution in [0.2, 0.25) is 5.02 Å². The smallest absolute Gasteiger partial charge is 0.279 e. The molecule has 1 saturated heterocycles. The Morgan fingerprint density at radius 3 is 2.96 bits per heavy atom. The van der Waals surface area contributed by atoms with Gasteiger partial charge in [-0.3, -0.25) is 4.79 Å². The maximum Gasteiger partial charge on any atom is 0.279 e. The fourth-order valence-corrected chi connectivity index (χ4v) is 3.63. The van der Waals surface area contributed by atoms with Crippen LogP contribution in [-0.4, -0.2) is 23.6 Å². The molecule has 1 aromatic carbocycles. The van der Waals surface area contributed by atoms with E-state index in [0.717, 1.165) is 30.6 Å². The minimum atomic E-state index is 0.0477. The van der Waals surface area contributed by atoms with Crippen molar-refractivity contribution in [1.82, 2.24) is 4.57 Å². The van der Waals surface area contributed by atoms with Crippen LogP contribution in [0.5, 0.6) is 0 Å². The molecule has 1 aliphatic rings. The van der Waals surface area contributed by atoms with Crippen molar-refractivity contribution in [3.05, 3.63) is 52.8 Å². The summed E-state index contributed by atoms with van der Waals surface area (Å²) in [7, 11) is 2.07. The molecule has 23 heavy (non-hydrogen) atoms. The predicted octanol–water partition coefficient (Wildman–Crippen LogP) is 2.35. The third-order valence-electron chi connectivity index (χ3n) is 4.75. The van der Waals surface area contributed by atoms with E-state index in [9.17, 15) is 4.79 Å². The van der Waals surface area contributed by atoms with Crippen molar-refractivity contribution in [2.75, 3.05) is 18.4 Å². The van der Waals surface area contributed by atoms with E-state index in [2.05, 4.69) is 35.3 Å². The van der Waals surface area contributed by atoms with Crippen molar-refractivity contribution in [1.29, 1.82) is 0 Å². The molecule has 0 radical (unpaired) electrons. The molecule has 0 aliphatic carbocycles. The largest absolute Gasteiger partial charge is 0.350 e. The molecule has 1 fully saturated rings. The molecular formula is C18H23ClN3O+. The van der Waals surface area contributed by atoms with Gasteiger partial charge in [-0.25, -0.2) is 0 Å². The number of hydrogen-bond acceptors (Lipinski definition) is 1. The molecular weight excluding hydrogens is 310 g/mol. The highest BCUT2D eigenvalue weighted by Gasteiger charge is 2.33. The normalized spacial score (nSPS) is 20.7. The lowest BCUT2D eigenvalue weighted by atomic mass is 10.1. The van der Waals surface area contributed by atoms with E-state index in [1.165, 1.54) is 10.6 Å². The highest BCUT2D eigenvalue weighted by molar-refractivity contribution is 6.31. The number of aryl methyl sites for hydroxylation is 1. The number of likely N-dealkylation sites (tertiary alicyclic amines) is 1. The van der Waals surface area contributed by atoms with Gasteiger partial charge in [0.25, 0.3) is 5.91 Å². The second-order valence-corrected chi connectivity index (χ2v) is 6.69. The molecule has 4 nitrogen and oxygen atoms in total. The molecule has 5 heteroatoms. The number of carbonyl (C=O) groups is 1. The van der Waals surface area contributed by atoms with E-state index < -0.39 is 0 Å². The lowest BCUT2D eigenvalue weighted by Gasteiger charge is -2.22. The van der Waals surface area contributed by atoms with Crippen LogP contribution in [0.4, 0.5) is 5.69 Å². The van der Waals surface area contributed by atoms with E-state index in [-0.39, 0.29) is 5.91 Å². The monoisotopic (exact) mass is 332 g/mol. The number of rotatable bonds is 4. The number of amides is 1. The van der Waals surface area contributed by atoms with E-state index >= 15 is 0 Å². The molecule has 122 valence electrons. The zero-order chi connectivity index (χ0) is 16.4. The molecule has 0 saturated carbocycles. The summed E-state index contributed by atoms with van der Waals surface area (Å²) in [5.41, 5.74) is 3.03. The summed E-state index contributed by atoms with van der Waals surface area (Å²) < 4.78 is 2.16. The number of anilines is 1. The van der Waals surface area contributed by atoms with Crippen LogP contribution in [0.1, 0.15) is 30.1 Å². The average Bonchev–Trinajstić information content (AvgIpc) is 3.12. The van der Waals surface area contributed by atoms with Gasteiger partial charge < -0.3 is 14.8 Å². The quantitative estimate of drug-likeness (QED) is 0.886. The highest BCUT2D eigenvalue weighted by atomic mass is 35.5. The van der Waals surface area contributed by atoms with Gasteiger partial charge in [0.05, 0.1) is 12.2 Å². The third-order valence-corrected chi connectivity index (χ3v) is 5.16. The van der Waals surface area contributed by atoms with Gasteiger partial charge in [-0.2, -0.15) is 0 Å². The molecule has 1 amide bonds. The highest BCUT2D eigenvalue weighted by Crippen LogP contribution is 2.23. The van der Waals surface area contributed by atoms with Crippen LogP contribution in [-0.2, 0) is 11.8 Å². The number of nitrogens with zero attached hydrogens (tertiary/aromatic N) is 1. The van der Waals surface area contributed by atoms with Crippen LogP contribution >= 0.6 is 11.6 Å². The number of aromatic nitrogens is 1. The van der Waals surface area contributed by atoms with Crippen molar-refractivity contribution < 1.29 is 9.69 Å². The summed E-state index contributed by atoms with van der Waals surface area (Å²) in [6, 6.07) is 10.2. The number of halogens is 1. The van der Waals surface area contributed by atoms with Gasteiger partial charge in [-0.05, 0) is 36.8 Å². The second kappa shape index (κ2) is 6.77. The second-order valence-electron chi connectivity index (χ2n) is 6.28. The van der Waals surface area contributed by atoms with Crippen molar-refractivity contribution in [2.24, 2.45) is 7.05 Å². The summed E-state index contributed by atoms with van der Waals surface area (Å²) in [5.74, 6) is 0.0477. The zero-order valence-electron chi connectivity index (χ0n) is 13.6. The Labute approximate surface area is 142 Å². The fourth-order valence-electron chi connectivity index (χ4n) is 3.46. The standard InChI is InChI=1S/C18H22ClN3O/c1-13-14(19)6-3-7-15(13)20-18(23)12-22-11-5-9-17(22)16-8-4-10-21(16)2/h3-4,6-8,10,17H,5,9,11-12H2,1-2H3,(H,20,23)/p+1/t17-/m0/s1. The van der Waals surface area contributed by atoms with Crippen molar-refractivity contribution in [3.63, 3.8) is 0 Å². The number of benzene rings is 1. The summed E-state index contributed by atoms with van der Waals surface area (Å²) in [6.45, 7) is 3.45. The number of carbonyl (C=O) groups excluding carboxylic acids is 1. The van der Waals surface area contributed by atoms with E-state index in [4.69, 9.17) is 11.6 Å². The fraction of sp³-hybridized carbons (Fsp3) is 0.389. The van der Waals surface area contributed by atoms with Gasteiger partial charge >= 0.3 is 0 Å². The molecule has 2 heterocycles. The first kappa shape index (κ1) is 16.1. The van der Waals surface area contributed by atoms with Crippen molar-refractivity contribution in [3.8, 4) is 0 Å². The first-order valence-corrected chi connectivity index (χ1v) is 8.45. The van der Waals surface area contributed by atoms with Gasteiger partial charge in [-0.1, -0.05) is 17.7 Å². The topological polar surface area (TPSA) is 38.5 Å². The number of hydrogen-bond donors (Lipinski definition) is 2. The SMILES string of the molecule is Cc1c(Cl)cccc1NC(=O)C[NH+]1CCC[C@H]1c1cccn1C. The van der Waals surface area contributed by atoms with Gasteiger partial charge in [0, 0.05) is 36.8 Å². The Kier molecular flexibility index (Phi) is 4.74. The molecule has 2 atom stereocenters. The molecule has 1 aliphatic heterocycles. The number of quaternary nitrogens is 1. The predicted molar refractivity (Wildman–Crippen MR) is 92.9 cm³/mol. The first-order chi connectivity index (χ1) is 11.1. The molecule has 0 bridgehead atoms. The molecule has 3 rings (SSSR count). The summed E-state index contributed by atoms with van der Waals surface area (Å²) in [4.78, 5) is 13.8. The van der Waals surface area contributed by atoms with E-state index in [0.29, 0.717) is 17.6 Å². The summed E-state index contributed by atoms with van der Waals surface area (Å²) >= 11 is 6.12. The Balaban J connectivity index is 1.67. The van der Waals surface area contributed by atoms with Crippen LogP contribution in [0.15, 0.2) is 36.5 Å². The van der Waals surface area contributed by atoms with E-state index in [1.807, 2.05) is 25.1 Å². The maximum absolute atomic E-state index is 12.5. The first-order valence-electron chi connectivity index (χ1n) is 8.07. The van der Waals surface area contributed by atoms with Crippen molar-refractivity contribution >= 4 is 23.2 Å². The van der Waals surface area contributed by atoms with Crippen LogP contribution in [0, 0.1) is 6.92 Å². The van der Waals surface area contributed by atoms with Crippen molar-refractivity contribution in [2.45, 2.75) is 25.8 Å². The van der Waals surface area contributed by atoms with Gasteiger partial charge in [-0.15, -0.1) is 0 Å². The molecule has 0 spiro atoms. The Morgan fingerprint density at radius 2 is 2.22 bits per heavy atom. The number of nitrogens with one attached hydrogen (secondary N) is 2. The van der Waals surface area contributed by atoms with Crippen LogP contribution < -0.4 is 10.2 Å². The lowest BCUT2D eigenvalue weighted by molar-refractivity contribution is -0.910. The van der Waals surface area contributed by atoms with Gasteiger partial charge in [0.1, 0.15) is 6.04 Å². The molecule has 1 aromatic heterocycles. The summed E-state index contributed by atoms with van der Waals surface area (Å²) in [6.07, 6.45) is 4.37. The molecule has 2 aromatic rings. The van der Waals surface area contributed by atoms with Gasteiger partial charge in [0.2, 0.25) is 0 Å². The molecule has 1 unspecified atom stereocenters. The van der Waals surface area contributed by atoms with Crippen LogP contribution in [0.25, 0.3) is 0 Å². The third kappa shape index (κ3) is 3.43.